The van der Waals surface area contributed by atoms with E-state index in [1.54, 1.807) is 0 Å². The van der Waals surface area contributed by atoms with Crippen molar-refractivity contribution in [3.05, 3.63) is 56.1 Å². The molecule has 0 unspecified atom stereocenters. The van der Waals surface area contributed by atoms with Gasteiger partial charge in [0.2, 0.25) is 0 Å². The van der Waals surface area contributed by atoms with Gasteiger partial charge in [-0.2, -0.15) is 0 Å². The van der Waals surface area contributed by atoms with Gasteiger partial charge in [-0.25, -0.2) is 4.84 Å². The van der Waals surface area contributed by atoms with Crippen LogP contribution in [0.2, 0.25) is 0 Å². The Morgan fingerprint density at radius 1 is 1.17 bits per heavy atom. The average molecular weight is 346 g/mol. The van der Waals surface area contributed by atoms with E-state index >= 15 is 0 Å². The highest BCUT2D eigenvalue weighted by molar-refractivity contribution is 6.01. The van der Waals surface area contributed by atoms with Crippen LogP contribution < -0.4 is 0 Å². The van der Waals surface area contributed by atoms with Crippen LogP contribution in [0.4, 0.5) is 0 Å². The molecule has 0 heterocycles. The van der Waals surface area contributed by atoms with Crippen molar-refractivity contribution in [1.29, 1.82) is 0 Å². The molecule has 12 heteroatoms. The van der Waals surface area contributed by atoms with E-state index < -0.39 is 52.0 Å². The number of carbonyl (C=O) groups excluding carboxylic acids is 1. The van der Waals surface area contributed by atoms with Gasteiger partial charge in [0.05, 0.1) is 11.5 Å². The third-order valence-corrected chi connectivity index (χ3v) is 3.15. The van der Waals surface area contributed by atoms with E-state index in [0.29, 0.717) is 0 Å². The second-order valence-corrected chi connectivity index (χ2v) is 4.65. The number of nitro groups is 1. The standard InChI is InChI=1S/C12H14N2O10/c15-6-8(16)9(17)11(19)12(13(20)21,24-14(22)23)10(18)7-4-2-1-3-5-7/h1-5,8-9,11,15-17,19H,6H2/t8-,9-,11+,12+/m1/s1. The van der Waals surface area contributed by atoms with E-state index in [1.165, 1.54) is 18.2 Å². The number of nitrogens with zero attached hydrogens (tertiary/aromatic N) is 2. The molecule has 0 bridgehead atoms. The van der Waals surface area contributed by atoms with Crippen LogP contribution >= 0.6 is 0 Å². The van der Waals surface area contributed by atoms with Crippen LogP contribution in [0, 0.1) is 20.2 Å². The lowest BCUT2D eigenvalue weighted by atomic mass is 9.91. The molecule has 0 aliphatic rings. The molecule has 0 amide bonds. The summed E-state index contributed by atoms with van der Waals surface area (Å²) in [5, 5.41) is 58.0. The van der Waals surface area contributed by atoms with Gasteiger partial charge < -0.3 is 20.4 Å². The minimum atomic E-state index is -3.74. The fourth-order valence-corrected chi connectivity index (χ4v) is 1.91. The lowest BCUT2D eigenvalue weighted by Gasteiger charge is -2.30. The Labute approximate surface area is 133 Å². The van der Waals surface area contributed by atoms with Crippen LogP contribution in [-0.4, -0.2) is 66.9 Å². The molecular weight excluding hydrogens is 332 g/mol. The van der Waals surface area contributed by atoms with Gasteiger partial charge in [-0.3, -0.25) is 14.9 Å². The summed E-state index contributed by atoms with van der Waals surface area (Å²) in [4.78, 5) is 36.7. The normalized spacial score (nSPS) is 17.2. The number of Topliss-reactive ketones (excluding diaryl/α,β-unsaturated/α-hetero) is 1. The summed E-state index contributed by atoms with van der Waals surface area (Å²) in [6.07, 6.45) is -7.45. The van der Waals surface area contributed by atoms with E-state index in [4.69, 9.17) is 5.11 Å². The van der Waals surface area contributed by atoms with Crippen LogP contribution in [0.1, 0.15) is 10.4 Å². The molecule has 0 saturated heterocycles. The zero-order chi connectivity index (χ0) is 18.5. The average Bonchev–Trinajstić information content (AvgIpc) is 2.57. The summed E-state index contributed by atoms with van der Waals surface area (Å²) >= 11 is 0. The maximum atomic E-state index is 12.4. The van der Waals surface area contributed by atoms with Crippen LogP contribution in [0.25, 0.3) is 0 Å². The van der Waals surface area contributed by atoms with Crippen molar-refractivity contribution in [3.8, 4) is 0 Å². The lowest BCUT2D eigenvalue weighted by molar-refractivity contribution is -0.846. The van der Waals surface area contributed by atoms with Crippen molar-refractivity contribution in [2.75, 3.05) is 6.61 Å². The Balaban J connectivity index is 3.47. The highest BCUT2D eigenvalue weighted by Crippen LogP contribution is 2.27. The number of aliphatic hydroxyl groups excluding tert-OH is 4. The van der Waals surface area contributed by atoms with Crippen LogP contribution in [-0.2, 0) is 4.84 Å². The first kappa shape index (κ1) is 19.4. The van der Waals surface area contributed by atoms with Crippen molar-refractivity contribution in [2.24, 2.45) is 0 Å². The molecule has 1 aromatic rings. The molecule has 1 aromatic carbocycles. The van der Waals surface area contributed by atoms with Crippen molar-refractivity contribution in [3.63, 3.8) is 0 Å². The van der Waals surface area contributed by atoms with Gasteiger partial charge in [-0.1, -0.05) is 30.3 Å². The second-order valence-electron chi connectivity index (χ2n) is 4.65. The molecule has 0 fully saturated rings. The third-order valence-electron chi connectivity index (χ3n) is 3.15. The molecule has 0 aromatic heterocycles. The highest BCUT2D eigenvalue weighted by Gasteiger charge is 2.64. The summed E-state index contributed by atoms with van der Waals surface area (Å²) in [7, 11) is 0. The van der Waals surface area contributed by atoms with Gasteiger partial charge >= 0.3 is 10.8 Å². The molecule has 0 spiro atoms. The molecule has 0 aliphatic carbocycles. The first-order chi connectivity index (χ1) is 11.2. The predicted octanol–water partition coefficient (Wildman–Crippen LogP) is -1.87. The molecule has 24 heavy (non-hydrogen) atoms. The number of benzene rings is 1. The number of ketones is 1. The van der Waals surface area contributed by atoms with E-state index in [-0.39, 0.29) is 0 Å². The summed E-state index contributed by atoms with van der Waals surface area (Å²) in [6, 6.07) is 6.21. The maximum absolute atomic E-state index is 12.4. The van der Waals surface area contributed by atoms with E-state index in [0.717, 1.165) is 12.1 Å². The minimum Gasteiger partial charge on any atom is -0.394 e. The summed E-state index contributed by atoms with van der Waals surface area (Å²) in [5.74, 6) is -1.62. The summed E-state index contributed by atoms with van der Waals surface area (Å²) < 4.78 is 0. The molecule has 0 aliphatic heterocycles. The Kier molecular flexibility index (Phi) is 6.25. The van der Waals surface area contributed by atoms with Gasteiger partial charge in [0.1, 0.15) is 12.2 Å². The fourth-order valence-electron chi connectivity index (χ4n) is 1.91. The third kappa shape index (κ3) is 3.62. The fraction of sp³-hybridized carbons (Fsp3) is 0.417. The summed E-state index contributed by atoms with van der Waals surface area (Å²) in [6.45, 7) is -1.13. The quantitative estimate of drug-likeness (QED) is 0.170. The summed E-state index contributed by atoms with van der Waals surface area (Å²) in [5.41, 5.74) is -4.15. The first-order valence-electron chi connectivity index (χ1n) is 6.41. The van der Waals surface area contributed by atoms with E-state index in [9.17, 15) is 40.3 Å². The minimum absolute atomic E-state index is 0.416. The van der Waals surface area contributed by atoms with Crippen LogP contribution in [0.15, 0.2) is 30.3 Å². The topological polar surface area (TPSA) is 193 Å². The Hall–Kier alpha value is -2.67. The largest absolute Gasteiger partial charge is 0.453 e. The molecule has 0 saturated carbocycles. The smallest absolute Gasteiger partial charge is 0.394 e. The van der Waals surface area contributed by atoms with Gasteiger partial charge in [-0.05, 0) is 0 Å². The number of hydrogen-bond acceptors (Lipinski definition) is 10. The molecule has 4 N–H and O–H groups in total. The van der Waals surface area contributed by atoms with Gasteiger partial charge in [0.15, 0.2) is 6.10 Å². The predicted molar refractivity (Wildman–Crippen MR) is 73.7 cm³/mol. The SMILES string of the molecule is O=C(c1ccccc1)[C@](O[N+](=O)[O-])([C@@H](O)[C@H](O)[C@H](O)CO)[N+](=O)[O-]. The Morgan fingerprint density at radius 3 is 2.12 bits per heavy atom. The zero-order valence-electron chi connectivity index (χ0n) is 12.0. The number of carbonyl (C=O) groups is 1. The second kappa shape index (κ2) is 7.74. The van der Waals surface area contributed by atoms with Crippen LogP contribution in [0.5, 0.6) is 0 Å². The molecule has 4 atom stereocenters. The lowest BCUT2D eigenvalue weighted by Crippen LogP contribution is -2.64. The zero-order valence-corrected chi connectivity index (χ0v) is 12.0. The number of hydrogen-bond donors (Lipinski definition) is 4. The maximum Gasteiger partial charge on any atom is 0.453 e. The molecule has 12 nitrogen and oxygen atoms in total. The first-order valence-corrected chi connectivity index (χ1v) is 6.41. The van der Waals surface area contributed by atoms with E-state index in [1.807, 2.05) is 0 Å². The van der Waals surface area contributed by atoms with Crippen molar-refractivity contribution < 1.29 is 40.1 Å². The van der Waals surface area contributed by atoms with Gasteiger partial charge in [0, 0.05) is 5.56 Å². The molecular formula is C12H14N2O10. The molecule has 132 valence electrons. The highest BCUT2D eigenvalue weighted by atomic mass is 17.0. The monoisotopic (exact) mass is 346 g/mol. The van der Waals surface area contributed by atoms with Gasteiger partial charge in [-0.15, -0.1) is 10.1 Å². The van der Waals surface area contributed by atoms with Crippen molar-refractivity contribution in [1.82, 2.24) is 0 Å². The molecule has 1 rings (SSSR count). The van der Waals surface area contributed by atoms with Gasteiger partial charge in [0.25, 0.3) is 5.78 Å². The molecule has 0 radical (unpaired) electrons. The Bertz CT molecular complexity index is 609. The Morgan fingerprint density at radius 2 is 1.71 bits per heavy atom. The van der Waals surface area contributed by atoms with Crippen molar-refractivity contribution in [2.45, 2.75) is 24.0 Å². The van der Waals surface area contributed by atoms with E-state index in [2.05, 4.69) is 4.84 Å². The van der Waals surface area contributed by atoms with Crippen molar-refractivity contribution >= 4 is 5.78 Å². The number of aliphatic hydroxyl groups is 4. The number of rotatable bonds is 9. The van der Waals surface area contributed by atoms with Crippen LogP contribution in [0.3, 0.4) is 0 Å².